The second-order valence-electron chi connectivity index (χ2n) is 4.78. The van der Waals surface area contributed by atoms with Gasteiger partial charge in [0.1, 0.15) is 5.82 Å². The van der Waals surface area contributed by atoms with Gasteiger partial charge < -0.3 is 19.8 Å². The first-order valence-electron chi connectivity index (χ1n) is 6.59. The number of ether oxygens (including phenoxy) is 2. The van der Waals surface area contributed by atoms with Crippen molar-refractivity contribution in [3.05, 3.63) is 36.4 Å². The van der Waals surface area contributed by atoms with Crippen LogP contribution in [0.4, 0.5) is 5.69 Å². The van der Waals surface area contributed by atoms with Crippen molar-refractivity contribution in [3.63, 3.8) is 0 Å². The normalized spacial score (nSPS) is 10.8. The second-order valence-corrected chi connectivity index (χ2v) is 4.78. The molecule has 0 aliphatic rings. The number of nitrogens with zero attached hydrogens (tertiary/aromatic N) is 2. The minimum atomic E-state index is 0.603. The van der Waals surface area contributed by atoms with Crippen LogP contribution in [0.3, 0.4) is 0 Å². The maximum Gasteiger partial charge on any atom is 0.162 e. The molecule has 108 valence electrons. The number of hydrogen-bond donors (Lipinski definition) is 1. The maximum atomic E-state index is 6.15. The third-order valence-electron chi connectivity index (χ3n) is 3.58. The third kappa shape index (κ3) is 2.07. The molecule has 0 saturated heterocycles. The van der Waals surface area contributed by atoms with Gasteiger partial charge in [-0.1, -0.05) is 12.1 Å². The molecule has 2 aromatic carbocycles. The van der Waals surface area contributed by atoms with Crippen LogP contribution in [0.15, 0.2) is 36.4 Å². The summed E-state index contributed by atoms with van der Waals surface area (Å²) >= 11 is 0. The standard InChI is InChI=1S/C16H17N3O2/c1-19-13-7-5-4-6-12(13)18-16(19)10-8-14(20-2)15(21-3)9-11(10)17/h4-9H,17H2,1-3H3. The fourth-order valence-electron chi connectivity index (χ4n) is 2.47. The molecule has 0 atom stereocenters. The number of anilines is 1. The van der Waals surface area contributed by atoms with Crippen molar-refractivity contribution in [1.82, 2.24) is 9.55 Å². The highest BCUT2D eigenvalue weighted by atomic mass is 16.5. The highest BCUT2D eigenvalue weighted by molar-refractivity contribution is 5.84. The van der Waals surface area contributed by atoms with Crippen molar-refractivity contribution in [1.29, 1.82) is 0 Å². The molecule has 1 heterocycles. The first-order valence-corrected chi connectivity index (χ1v) is 6.59. The Morgan fingerprint density at radius 3 is 2.38 bits per heavy atom. The van der Waals surface area contributed by atoms with Crippen LogP contribution in [0.2, 0.25) is 0 Å². The number of fused-ring (bicyclic) bond motifs is 1. The number of benzene rings is 2. The summed E-state index contributed by atoms with van der Waals surface area (Å²) in [6.45, 7) is 0. The van der Waals surface area contributed by atoms with E-state index >= 15 is 0 Å². The Balaban J connectivity index is 2.25. The quantitative estimate of drug-likeness (QED) is 0.751. The van der Waals surface area contributed by atoms with E-state index in [1.165, 1.54) is 0 Å². The van der Waals surface area contributed by atoms with Gasteiger partial charge in [-0.25, -0.2) is 4.98 Å². The molecule has 0 bridgehead atoms. The number of aryl methyl sites for hydroxylation is 1. The van der Waals surface area contributed by atoms with Crippen molar-refractivity contribution in [3.8, 4) is 22.9 Å². The summed E-state index contributed by atoms with van der Waals surface area (Å²) in [6, 6.07) is 11.6. The predicted molar refractivity (Wildman–Crippen MR) is 83.7 cm³/mol. The maximum absolute atomic E-state index is 6.15. The fraction of sp³-hybridized carbons (Fsp3) is 0.188. The van der Waals surface area contributed by atoms with E-state index in [-0.39, 0.29) is 0 Å². The number of para-hydroxylation sites is 2. The molecule has 2 N–H and O–H groups in total. The van der Waals surface area contributed by atoms with Crippen LogP contribution in [0.1, 0.15) is 0 Å². The van der Waals surface area contributed by atoms with Gasteiger partial charge >= 0.3 is 0 Å². The lowest BCUT2D eigenvalue weighted by atomic mass is 10.1. The summed E-state index contributed by atoms with van der Waals surface area (Å²) in [7, 11) is 5.17. The van der Waals surface area contributed by atoms with Gasteiger partial charge in [0, 0.05) is 24.4 Å². The zero-order chi connectivity index (χ0) is 15.0. The summed E-state index contributed by atoms with van der Waals surface area (Å²) in [5, 5.41) is 0. The Labute approximate surface area is 122 Å². The van der Waals surface area contributed by atoms with Crippen molar-refractivity contribution >= 4 is 16.7 Å². The van der Waals surface area contributed by atoms with E-state index in [2.05, 4.69) is 4.98 Å². The van der Waals surface area contributed by atoms with E-state index in [4.69, 9.17) is 15.2 Å². The molecule has 0 spiro atoms. The number of aromatic nitrogens is 2. The van der Waals surface area contributed by atoms with Gasteiger partial charge in [-0.3, -0.25) is 0 Å². The van der Waals surface area contributed by atoms with Crippen molar-refractivity contribution in [2.24, 2.45) is 7.05 Å². The van der Waals surface area contributed by atoms with E-state index < -0.39 is 0 Å². The zero-order valence-electron chi connectivity index (χ0n) is 12.3. The molecule has 0 amide bonds. The summed E-state index contributed by atoms with van der Waals surface area (Å²) in [5.74, 6) is 2.04. The van der Waals surface area contributed by atoms with Crippen molar-refractivity contribution in [2.75, 3.05) is 20.0 Å². The molecule has 0 saturated carbocycles. The van der Waals surface area contributed by atoms with Crippen molar-refractivity contribution < 1.29 is 9.47 Å². The number of nitrogen functional groups attached to an aromatic ring is 1. The summed E-state index contributed by atoms with van der Waals surface area (Å²) in [5.41, 5.74) is 9.57. The average Bonchev–Trinajstić information content (AvgIpc) is 2.84. The van der Waals surface area contributed by atoms with E-state index in [0.717, 1.165) is 22.4 Å². The smallest absolute Gasteiger partial charge is 0.162 e. The van der Waals surface area contributed by atoms with Crippen LogP contribution in [-0.4, -0.2) is 23.8 Å². The van der Waals surface area contributed by atoms with Crippen LogP contribution in [0.25, 0.3) is 22.4 Å². The fourth-order valence-corrected chi connectivity index (χ4v) is 2.47. The van der Waals surface area contributed by atoms with E-state index in [1.807, 2.05) is 41.9 Å². The van der Waals surface area contributed by atoms with Crippen LogP contribution < -0.4 is 15.2 Å². The highest BCUT2D eigenvalue weighted by Gasteiger charge is 2.16. The molecule has 5 nitrogen and oxygen atoms in total. The molecule has 21 heavy (non-hydrogen) atoms. The van der Waals surface area contributed by atoms with Gasteiger partial charge in [0.05, 0.1) is 25.3 Å². The van der Waals surface area contributed by atoms with Gasteiger partial charge in [0.2, 0.25) is 0 Å². The molecule has 3 rings (SSSR count). The number of hydrogen-bond acceptors (Lipinski definition) is 4. The minimum Gasteiger partial charge on any atom is -0.493 e. The largest absolute Gasteiger partial charge is 0.493 e. The SMILES string of the molecule is COc1cc(N)c(-c2nc3ccccc3n2C)cc1OC. The van der Waals surface area contributed by atoms with Gasteiger partial charge in [-0.2, -0.15) is 0 Å². The number of rotatable bonds is 3. The second kappa shape index (κ2) is 5.01. The summed E-state index contributed by atoms with van der Waals surface area (Å²) in [4.78, 5) is 4.66. The molecule has 5 heteroatoms. The lowest BCUT2D eigenvalue weighted by molar-refractivity contribution is 0.355. The third-order valence-corrected chi connectivity index (χ3v) is 3.58. The van der Waals surface area contributed by atoms with Crippen LogP contribution in [-0.2, 0) is 7.05 Å². The molecule has 0 aliphatic carbocycles. The molecular weight excluding hydrogens is 266 g/mol. The predicted octanol–water partition coefficient (Wildman–Crippen LogP) is 2.84. The topological polar surface area (TPSA) is 62.3 Å². The van der Waals surface area contributed by atoms with Gasteiger partial charge in [0.15, 0.2) is 11.5 Å². The lowest BCUT2D eigenvalue weighted by Crippen LogP contribution is -1.99. The van der Waals surface area contributed by atoms with Crippen molar-refractivity contribution in [2.45, 2.75) is 0 Å². The van der Waals surface area contributed by atoms with E-state index in [1.54, 1.807) is 20.3 Å². The Bertz CT molecular complexity index is 809. The lowest BCUT2D eigenvalue weighted by Gasteiger charge is -2.12. The summed E-state index contributed by atoms with van der Waals surface area (Å²) < 4.78 is 12.6. The van der Waals surface area contributed by atoms with E-state index in [0.29, 0.717) is 17.2 Å². The van der Waals surface area contributed by atoms with Gasteiger partial charge in [-0.15, -0.1) is 0 Å². The minimum absolute atomic E-state index is 0.603. The van der Waals surface area contributed by atoms with Crippen LogP contribution >= 0.6 is 0 Å². The van der Waals surface area contributed by atoms with Crippen LogP contribution in [0, 0.1) is 0 Å². The molecule has 0 aliphatic heterocycles. The number of nitrogens with two attached hydrogens (primary N) is 1. The van der Waals surface area contributed by atoms with E-state index in [9.17, 15) is 0 Å². The number of methoxy groups -OCH3 is 2. The Morgan fingerprint density at radius 2 is 1.71 bits per heavy atom. The number of imidazole rings is 1. The zero-order valence-corrected chi connectivity index (χ0v) is 12.3. The first-order chi connectivity index (χ1) is 10.2. The van der Waals surface area contributed by atoms with Gasteiger partial charge in [0.25, 0.3) is 0 Å². The highest BCUT2D eigenvalue weighted by Crippen LogP contribution is 2.37. The Hall–Kier alpha value is -2.69. The van der Waals surface area contributed by atoms with Gasteiger partial charge in [-0.05, 0) is 18.2 Å². The average molecular weight is 283 g/mol. The molecule has 1 aromatic heterocycles. The first kappa shape index (κ1) is 13.3. The molecule has 3 aromatic rings. The Kier molecular flexibility index (Phi) is 3.17. The molecular formula is C16H17N3O2. The molecule has 0 fully saturated rings. The Morgan fingerprint density at radius 1 is 1.05 bits per heavy atom. The molecule has 0 unspecified atom stereocenters. The monoisotopic (exact) mass is 283 g/mol. The molecule has 0 radical (unpaired) electrons. The summed E-state index contributed by atoms with van der Waals surface area (Å²) in [6.07, 6.45) is 0. The van der Waals surface area contributed by atoms with Crippen LogP contribution in [0.5, 0.6) is 11.5 Å².